The summed E-state index contributed by atoms with van der Waals surface area (Å²) in [7, 11) is 0. The van der Waals surface area contributed by atoms with E-state index in [0.717, 1.165) is 17.2 Å². The van der Waals surface area contributed by atoms with Crippen molar-refractivity contribution in [2.45, 2.75) is 45.6 Å². The van der Waals surface area contributed by atoms with Gasteiger partial charge in [0.2, 0.25) is 0 Å². The Bertz CT molecular complexity index is 456. The predicted octanol–water partition coefficient (Wildman–Crippen LogP) is 3.84. The van der Waals surface area contributed by atoms with Crippen LogP contribution >= 0.6 is 0 Å². The largest absolute Gasteiger partial charge is 0.486 e. The van der Waals surface area contributed by atoms with Crippen LogP contribution in [0.1, 0.15) is 39.5 Å². The zero-order valence-electron chi connectivity index (χ0n) is 11.9. The monoisotopic (exact) mass is 261 g/mol. The maximum Gasteiger partial charge on any atom is 0.163 e. The first kappa shape index (κ1) is 12.6. The van der Waals surface area contributed by atoms with E-state index in [0.29, 0.717) is 24.7 Å². The summed E-state index contributed by atoms with van der Waals surface area (Å²) in [6.07, 6.45) is 5.15. The third-order valence-corrected chi connectivity index (χ3v) is 4.12. The molecule has 1 aromatic carbocycles. The second-order valence-corrected chi connectivity index (χ2v) is 6.46. The smallest absolute Gasteiger partial charge is 0.163 e. The number of hydrogen-bond donors (Lipinski definition) is 1. The number of anilines is 1. The summed E-state index contributed by atoms with van der Waals surface area (Å²) in [4.78, 5) is 0. The van der Waals surface area contributed by atoms with Gasteiger partial charge < -0.3 is 14.8 Å². The molecule has 1 fully saturated rings. The minimum absolute atomic E-state index is 0.462. The number of rotatable bonds is 2. The highest BCUT2D eigenvalue weighted by Gasteiger charge is 2.27. The van der Waals surface area contributed by atoms with Crippen LogP contribution in [0.3, 0.4) is 0 Å². The number of ether oxygens (including phenoxy) is 2. The molecule has 1 heterocycles. The van der Waals surface area contributed by atoms with Gasteiger partial charge in [0.05, 0.1) is 0 Å². The number of benzene rings is 1. The Hall–Kier alpha value is -1.38. The van der Waals surface area contributed by atoms with Crippen LogP contribution in [0.5, 0.6) is 11.5 Å². The van der Waals surface area contributed by atoms with Gasteiger partial charge in [0.25, 0.3) is 0 Å². The van der Waals surface area contributed by atoms with Crippen LogP contribution in [0.4, 0.5) is 5.69 Å². The fourth-order valence-corrected chi connectivity index (χ4v) is 3.19. The number of hydrogen-bond acceptors (Lipinski definition) is 3. The van der Waals surface area contributed by atoms with Crippen molar-refractivity contribution >= 4 is 5.69 Å². The fourth-order valence-electron chi connectivity index (χ4n) is 3.19. The van der Waals surface area contributed by atoms with Crippen molar-refractivity contribution in [3.05, 3.63) is 18.2 Å². The molecule has 0 radical (unpaired) electrons. The summed E-state index contributed by atoms with van der Waals surface area (Å²) in [5, 5.41) is 3.65. The third kappa shape index (κ3) is 2.96. The van der Waals surface area contributed by atoms with Crippen LogP contribution in [0.15, 0.2) is 18.2 Å². The standard InChI is InChI=1S/C16H23NO2/c1-16(2)7-3-4-13(11-16)17-12-5-6-14-15(10-12)19-9-8-18-14/h5-6,10,13,17H,3-4,7-9,11H2,1-2H3. The summed E-state index contributed by atoms with van der Waals surface area (Å²) in [6.45, 7) is 6.03. The van der Waals surface area contributed by atoms with Crippen LogP contribution in [0.2, 0.25) is 0 Å². The molecule has 0 spiro atoms. The molecule has 1 aliphatic heterocycles. The molecular formula is C16H23NO2. The Labute approximate surface area is 115 Å². The molecule has 19 heavy (non-hydrogen) atoms. The average Bonchev–Trinajstić information content (AvgIpc) is 2.37. The Kier molecular flexibility index (Phi) is 3.29. The number of nitrogens with one attached hydrogen (secondary N) is 1. The SMILES string of the molecule is CC1(C)CCCC(Nc2ccc3c(c2)OCCO3)C1. The molecule has 0 saturated heterocycles. The first-order valence-electron chi connectivity index (χ1n) is 7.29. The minimum Gasteiger partial charge on any atom is -0.486 e. The van der Waals surface area contributed by atoms with Crippen LogP contribution in [-0.4, -0.2) is 19.3 Å². The van der Waals surface area contributed by atoms with Gasteiger partial charge in [-0.15, -0.1) is 0 Å². The topological polar surface area (TPSA) is 30.5 Å². The molecule has 1 saturated carbocycles. The van der Waals surface area contributed by atoms with Gasteiger partial charge in [0.15, 0.2) is 11.5 Å². The Morgan fingerprint density at radius 2 is 1.95 bits per heavy atom. The van der Waals surface area contributed by atoms with Crippen molar-refractivity contribution in [3.63, 3.8) is 0 Å². The second kappa shape index (κ2) is 4.95. The molecule has 1 N–H and O–H groups in total. The quantitative estimate of drug-likeness (QED) is 0.877. The lowest BCUT2D eigenvalue weighted by atomic mass is 9.75. The lowest BCUT2D eigenvalue weighted by Gasteiger charge is -2.36. The van der Waals surface area contributed by atoms with E-state index in [2.05, 4.69) is 31.3 Å². The lowest BCUT2D eigenvalue weighted by Crippen LogP contribution is -2.31. The molecule has 3 heteroatoms. The highest BCUT2D eigenvalue weighted by Crippen LogP contribution is 2.38. The zero-order chi connectivity index (χ0) is 13.3. The van der Waals surface area contributed by atoms with Crippen LogP contribution in [-0.2, 0) is 0 Å². The molecule has 104 valence electrons. The van der Waals surface area contributed by atoms with Crippen molar-refractivity contribution in [3.8, 4) is 11.5 Å². The summed E-state index contributed by atoms with van der Waals surface area (Å²) in [5.41, 5.74) is 1.61. The minimum atomic E-state index is 0.462. The van der Waals surface area contributed by atoms with Crippen LogP contribution in [0.25, 0.3) is 0 Å². The average molecular weight is 261 g/mol. The summed E-state index contributed by atoms with van der Waals surface area (Å²) < 4.78 is 11.2. The van der Waals surface area contributed by atoms with E-state index in [4.69, 9.17) is 9.47 Å². The molecule has 3 nitrogen and oxygen atoms in total. The molecule has 1 aromatic rings. The summed E-state index contributed by atoms with van der Waals surface area (Å²) >= 11 is 0. The molecule has 1 atom stereocenters. The molecule has 1 unspecified atom stereocenters. The van der Waals surface area contributed by atoms with Gasteiger partial charge in [-0.25, -0.2) is 0 Å². The van der Waals surface area contributed by atoms with E-state index in [1.54, 1.807) is 0 Å². The van der Waals surface area contributed by atoms with E-state index in [1.807, 2.05) is 6.07 Å². The highest BCUT2D eigenvalue weighted by atomic mass is 16.6. The normalized spacial score (nSPS) is 24.8. The van der Waals surface area contributed by atoms with Crippen molar-refractivity contribution in [1.29, 1.82) is 0 Å². The van der Waals surface area contributed by atoms with Gasteiger partial charge in [-0.3, -0.25) is 0 Å². The Morgan fingerprint density at radius 1 is 1.16 bits per heavy atom. The molecule has 3 rings (SSSR count). The molecule has 0 bridgehead atoms. The van der Waals surface area contributed by atoms with Crippen LogP contribution in [0, 0.1) is 5.41 Å². The van der Waals surface area contributed by atoms with Gasteiger partial charge in [0, 0.05) is 17.8 Å². The van der Waals surface area contributed by atoms with Crippen molar-refractivity contribution in [2.75, 3.05) is 18.5 Å². The molecule has 0 aromatic heterocycles. The van der Waals surface area contributed by atoms with Crippen molar-refractivity contribution in [1.82, 2.24) is 0 Å². The van der Waals surface area contributed by atoms with E-state index in [-0.39, 0.29) is 0 Å². The molecular weight excluding hydrogens is 238 g/mol. The van der Waals surface area contributed by atoms with Gasteiger partial charge in [-0.1, -0.05) is 20.3 Å². The van der Waals surface area contributed by atoms with E-state index in [9.17, 15) is 0 Å². The first-order valence-corrected chi connectivity index (χ1v) is 7.29. The Morgan fingerprint density at radius 3 is 2.74 bits per heavy atom. The zero-order valence-corrected chi connectivity index (χ0v) is 11.9. The van der Waals surface area contributed by atoms with Gasteiger partial charge >= 0.3 is 0 Å². The maximum atomic E-state index is 5.63. The summed E-state index contributed by atoms with van der Waals surface area (Å²) in [6, 6.07) is 6.74. The van der Waals surface area contributed by atoms with E-state index < -0.39 is 0 Å². The maximum absolute atomic E-state index is 5.63. The molecule has 1 aliphatic carbocycles. The van der Waals surface area contributed by atoms with Gasteiger partial charge in [0.1, 0.15) is 13.2 Å². The van der Waals surface area contributed by atoms with E-state index in [1.165, 1.54) is 25.7 Å². The molecule has 2 aliphatic rings. The van der Waals surface area contributed by atoms with E-state index >= 15 is 0 Å². The van der Waals surface area contributed by atoms with Gasteiger partial charge in [-0.2, -0.15) is 0 Å². The number of fused-ring (bicyclic) bond motifs is 1. The molecule has 0 amide bonds. The Balaban J connectivity index is 1.69. The van der Waals surface area contributed by atoms with Gasteiger partial charge in [-0.05, 0) is 36.8 Å². The third-order valence-electron chi connectivity index (χ3n) is 4.12. The van der Waals surface area contributed by atoms with Crippen molar-refractivity contribution < 1.29 is 9.47 Å². The van der Waals surface area contributed by atoms with Crippen molar-refractivity contribution in [2.24, 2.45) is 5.41 Å². The predicted molar refractivity (Wildman–Crippen MR) is 77.1 cm³/mol. The summed E-state index contributed by atoms with van der Waals surface area (Å²) in [5.74, 6) is 1.73. The highest BCUT2D eigenvalue weighted by molar-refractivity contribution is 5.55. The second-order valence-electron chi connectivity index (χ2n) is 6.46. The lowest BCUT2D eigenvalue weighted by molar-refractivity contribution is 0.171. The fraction of sp³-hybridized carbons (Fsp3) is 0.625. The van der Waals surface area contributed by atoms with Crippen LogP contribution < -0.4 is 14.8 Å². The first-order chi connectivity index (χ1) is 9.12.